The highest BCUT2D eigenvalue weighted by Gasteiger charge is 2.28. The molecule has 1 N–H and O–H groups in total. The normalized spacial score (nSPS) is 15.1. The molecule has 0 aliphatic carbocycles. The van der Waals surface area contributed by atoms with E-state index >= 15 is 0 Å². The Morgan fingerprint density at radius 3 is 2.71 bits per heavy atom. The molecule has 0 fully saturated rings. The molecule has 4 aromatic rings. The summed E-state index contributed by atoms with van der Waals surface area (Å²) in [5.74, 6) is 1.31. The molecule has 2 aromatic heterocycles. The standard InChI is InChI=1S/C27H28N4O3S/c1-4-31-16-19(34-21-13-9-8-12-20(21)31)15-30(3)27(33)24-17(2)23-25(32)28-22(29-26(23)35-24)14-18-10-6-5-7-11-18/h5-13,19H,4,14-16H2,1-3H3,(H,28,29,32). The average molecular weight is 489 g/mol. The van der Waals surface area contributed by atoms with Crippen LogP contribution < -0.4 is 15.2 Å². The van der Waals surface area contributed by atoms with Crippen LogP contribution in [0.4, 0.5) is 5.69 Å². The smallest absolute Gasteiger partial charge is 0.264 e. The van der Waals surface area contributed by atoms with Gasteiger partial charge in [0.2, 0.25) is 0 Å². The minimum absolute atomic E-state index is 0.125. The van der Waals surface area contributed by atoms with Crippen molar-refractivity contribution in [2.24, 2.45) is 0 Å². The number of nitrogens with zero attached hydrogens (tertiary/aromatic N) is 3. The van der Waals surface area contributed by atoms with Crippen molar-refractivity contribution >= 4 is 33.1 Å². The van der Waals surface area contributed by atoms with Crippen LogP contribution in [0.15, 0.2) is 59.4 Å². The van der Waals surface area contributed by atoms with E-state index in [0.29, 0.717) is 46.0 Å². The molecule has 180 valence electrons. The minimum Gasteiger partial charge on any atom is -0.485 e. The highest BCUT2D eigenvalue weighted by atomic mass is 32.1. The number of nitrogens with one attached hydrogen (secondary N) is 1. The molecule has 35 heavy (non-hydrogen) atoms. The Balaban J connectivity index is 1.37. The molecular formula is C27H28N4O3S. The van der Waals surface area contributed by atoms with Gasteiger partial charge in [-0.3, -0.25) is 9.59 Å². The van der Waals surface area contributed by atoms with Gasteiger partial charge in [0.05, 0.1) is 29.0 Å². The van der Waals surface area contributed by atoms with E-state index < -0.39 is 0 Å². The van der Waals surface area contributed by atoms with Gasteiger partial charge in [0.25, 0.3) is 11.5 Å². The highest BCUT2D eigenvalue weighted by molar-refractivity contribution is 7.20. The minimum atomic E-state index is -0.206. The Hall–Kier alpha value is -3.65. The predicted octanol–water partition coefficient (Wildman–Crippen LogP) is 4.24. The number of hydrogen-bond acceptors (Lipinski definition) is 6. The Morgan fingerprint density at radius 1 is 1.20 bits per heavy atom. The van der Waals surface area contributed by atoms with E-state index in [1.807, 2.05) is 55.5 Å². The maximum Gasteiger partial charge on any atom is 0.264 e. The van der Waals surface area contributed by atoms with Gasteiger partial charge in [0.15, 0.2) is 0 Å². The number of benzene rings is 2. The van der Waals surface area contributed by atoms with Crippen LogP contribution >= 0.6 is 11.3 Å². The third-order valence-electron chi connectivity index (χ3n) is 6.39. The van der Waals surface area contributed by atoms with Crippen LogP contribution in [-0.2, 0) is 6.42 Å². The Labute approximate surface area is 208 Å². The second-order valence-electron chi connectivity index (χ2n) is 8.84. The van der Waals surface area contributed by atoms with E-state index in [-0.39, 0.29) is 17.6 Å². The summed E-state index contributed by atoms with van der Waals surface area (Å²) in [5, 5.41) is 0.489. The number of carbonyl (C=O) groups excluding carboxylic acids is 1. The van der Waals surface area contributed by atoms with Crippen LogP contribution in [0.3, 0.4) is 0 Å². The summed E-state index contributed by atoms with van der Waals surface area (Å²) in [6, 6.07) is 17.9. The number of aromatic nitrogens is 2. The fourth-order valence-corrected chi connectivity index (χ4v) is 5.80. The number of thiophene rings is 1. The Morgan fingerprint density at radius 2 is 1.94 bits per heavy atom. The number of rotatable bonds is 6. The zero-order valence-electron chi connectivity index (χ0n) is 20.1. The summed E-state index contributed by atoms with van der Waals surface area (Å²) in [7, 11) is 1.78. The van der Waals surface area contributed by atoms with Crippen LogP contribution in [0.5, 0.6) is 5.75 Å². The third kappa shape index (κ3) is 4.53. The van der Waals surface area contributed by atoms with E-state index in [1.165, 1.54) is 11.3 Å². The van der Waals surface area contributed by atoms with Crippen molar-refractivity contribution < 1.29 is 9.53 Å². The van der Waals surface area contributed by atoms with Gasteiger partial charge in [-0.1, -0.05) is 42.5 Å². The average Bonchev–Trinajstić information content (AvgIpc) is 3.20. The number of H-pyrrole nitrogens is 1. The first-order valence-electron chi connectivity index (χ1n) is 11.8. The lowest BCUT2D eigenvalue weighted by molar-refractivity contribution is 0.0713. The summed E-state index contributed by atoms with van der Waals surface area (Å²) in [5.41, 5.74) is 2.61. The summed E-state index contributed by atoms with van der Waals surface area (Å²) in [6.45, 7) is 5.95. The van der Waals surface area contributed by atoms with E-state index in [9.17, 15) is 9.59 Å². The molecule has 3 heterocycles. The third-order valence-corrected chi connectivity index (χ3v) is 7.56. The van der Waals surface area contributed by atoms with Crippen LogP contribution in [0.1, 0.15) is 33.5 Å². The fraction of sp³-hybridized carbons (Fsp3) is 0.296. The number of anilines is 1. The van der Waals surface area contributed by atoms with Gasteiger partial charge >= 0.3 is 0 Å². The van der Waals surface area contributed by atoms with E-state index in [2.05, 4.69) is 27.9 Å². The molecule has 1 aliphatic rings. The number of amides is 1. The van der Waals surface area contributed by atoms with E-state index in [1.54, 1.807) is 11.9 Å². The van der Waals surface area contributed by atoms with Gasteiger partial charge in [-0.05, 0) is 37.1 Å². The van der Waals surface area contributed by atoms with Crippen molar-refractivity contribution in [3.8, 4) is 5.75 Å². The lowest BCUT2D eigenvalue weighted by Crippen LogP contribution is -2.46. The quantitative estimate of drug-likeness (QED) is 0.439. The second-order valence-corrected chi connectivity index (χ2v) is 9.84. The molecule has 1 aliphatic heterocycles. The fourth-order valence-electron chi connectivity index (χ4n) is 4.60. The van der Waals surface area contributed by atoms with Crippen molar-refractivity contribution in [1.82, 2.24) is 14.9 Å². The zero-order valence-corrected chi connectivity index (χ0v) is 20.9. The molecule has 1 amide bonds. The van der Waals surface area contributed by atoms with Crippen LogP contribution in [0.2, 0.25) is 0 Å². The summed E-state index contributed by atoms with van der Waals surface area (Å²) >= 11 is 1.28. The highest BCUT2D eigenvalue weighted by Crippen LogP contribution is 2.33. The number of likely N-dealkylation sites (N-methyl/N-ethyl adjacent to an activating group) is 2. The number of hydrogen-bond donors (Lipinski definition) is 1. The summed E-state index contributed by atoms with van der Waals surface area (Å²) in [4.78, 5) is 39.0. The molecule has 0 saturated heterocycles. The van der Waals surface area contributed by atoms with Crippen molar-refractivity contribution in [2.45, 2.75) is 26.4 Å². The molecule has 1 atom stereocenters. The van der Waals surface area contributed by atoms with Crippen LogP contribution in [-0.4, -0.2) is 53.6 Å². The monoisotopic (exact) mass is 488 g/mol. The molecule has 7 nitrogen and oxygen atoms in total. The molecule has 0 spiro atoms. The zero-order chi connectivity index (χ0) is 24.5. The number of ether oxygens (including phenoxy) is 1. The largest absolute Gasteiger partial charge is 0.485 e. The van der Waals surface area contributed by atoms with Gasteiger partial charge < -0.3 is 19.5 Å². The number of aryl methyl sites for hydroxylation is 1. The molecule has 0 bridgehead atoms. The van der Waals surface area contributed by atoms with Gasteiger partial charge in [0.1, 0.15) is 22.5 Å². The predicted molar refractivity (Wildman–Crippen MR) is 140 cm³/mol. The van der Waals surface area contributed by atoms with Gasteiger partial charge in [-0.25, -0.2) is 4.98 Å². The van der Waals surface area contributed by atoms with Crippen LogP contribution in [0, 0.1) is 6.92 Å². The number of para-hydroxylation sites is 2. The molecule has 0 radical (unpaired) electrons. The lowest BCUT2D eigenvalue weighted by Gasteiger charge is -2.37. The van der Waals surface area contributed by atoms with Crippen molar-refractivity contribution in [3.05, 3.63) is 86.8 Å². The van der Waals surface area contributed by atoms with Gasteiger partial charge in [-0.2, -0.15) is 0 Å². The molecular weight excluding hydrogens is 460 g/mol. The molecule has 0 saturated carbocycles. The number of aromatic amines is 1. The van der Waals surface area contributed by atoms with Gasteiger partial charge in [0, 0.05) is 20.0 Å². The van der Waals surface area contributed by atoms with Crippen molar-refractivity contribution in [3.63, 3.8) is 0 Å². The first-order chi connectivity index (χ1) is 16.9. The van der Waals surface area contributed by atoms with Gasteiger partial charge in [-0.15, -0.1) is 11.3 Å². The first kappa shape index (κ1) is 23.1. The summed E-state index contributed by atoms with van der Waals surface area (Å²) in [6.07, 6.45) is 0.382. The number of carbonyl (C=O) groups is 1. The second kappa shape index (κ2) is 9.54. The molecule has 2 aromatic carbocycles. The lowest BCUT2D eigenvalue weighted by atomic mass is 10.1. The maximum atomic E-state index is 13.4. The molecule has 5 rings (SSSR count). The van der Waals surface area contributed by atoms with E-state index in [0.717, 1.165) is 23.5 Å². The SMILES string of the molecule is CCN1CC(CN(C)C(=O)c2sc3nc(Cc4ccccc4)[nH]c(=O)c3c2C)Oc2ccccc21. The number of fused-ring (bicyclic) bond motifs is 2. The molecule has 8 heteroatoms. The van der Waals surface area contributed by atoms with E-state index in [4.69, 9.17) is 4.74 Å². The topological polar surface area (TPSA) is 78.5 Å². The maximum absolute atomic E-state index is 13.4. The first-order valence-corrected chi connectivity index (χ1v) is 12.6. The van der Waals surface area contributed by atoms with Crippen molar-refractivity contribution in [2.75, 3.05) is 31.6 Å². The van der Waals surface area contributed by atoms with Crippen LogP contribution in [0.25, 0.3) is 10.2 Å². The Bertz CT molecular complexity index is 1430. The molecule has 1 unspecified atom stereocenters. The Kier molecular flexibility index (Phi) is 6.30. The summed E-state index contributed by atoms with van der Waals surface area (Å²) < 4.78 is 6.20. The van der Waals surface area contributed by atoms with Crippen molar-refractivity contribution in [1.29, 1.82) is 0 Å².